The first-order valence-corrected chi connectivity index (χ1v) is 5.31. The lowest BCUT2D eigenvalue weighted by Gasteiger charge is -2.41. The van der Waals surface area contributed by atoms with Crippen molar-refractivity contribution in [2.45, 2.75) is 38.5 Å². The van der Waals surface area contributed by atoms with Crippen LogP contribution >= 0.6 is 0 Å². The molecule has 0 unspecified atom stereocenters. The molecule has 0 spiro atoms. The van der Waals surface area contributed by atoms with Gasteiger partial charge in [-0.2, -0.15) is 0 Å². The van der Waals surface area contributed by atoms with Crippen molar-refractivity contribution in [1.29, 1.82) is 0 Å². The standard InChI is InChI=1S/C10H16N2O3/c1-6(2)7-8(13)12-5-3-4-10(12,15)9(14)11-7/h6-7,15H,3-5H2,1-2H3,(H,11,14)/t7-,10+/m0/s1. The summed E-state index contributed by atoms with van der Waals surface area (Å²) in [6, 6.07) is -0.490. The van der Waals surface area contributed by atoms with E-state index in [1.807, 2.05) is 13.8 Å². The Morgan fingerprint density at radius 2 is 2.20 bits per heavy atom. The summed E-state index contributed by atoms with van der Waals surface area (Å²) < 4.78 is 0. The molecule has 15 heavy (non-hydrogen) atoms. The lowest BCUT2D eigenvalue weighted by Crippen LogP contribution is -2.69. The Bertz CT molecular complexity index is 316. The van der Waals surface area contributed by atoms with E-state index in [1.165, 1.54) is 4.90 Å². The van der Waals surface area contributed by atoms with Crippen LogP contribution in [-0.4, -0.2) is 40.1 Å². The summed E-state index contributed by atoms with van der Waals surface area (Å²) in [4.78, 5) is 25.0. The average Bonchev–Trinajstić information content (AvgIpc) is 2.55. The number of amides is 2. The number of hydrogen-bond acceptors (Lipinski definition) is 3. The van der Waals surface area contributed by atoms with Gasteiger partial charge in [-0.1, -0.05) is 13.8 Å². The SMILES string of the molecule is CC(C)[C@@H]1NC(=O)[C@]2(O)CCCN2C1=O. The molecule has 0 radical (unpaired) electrons. The van der Waals surface area contributed by atoms with Crippen molar-refractivity contribution < 1.29 is 14.7 Å². The number of piperazine rings is 1. The number of carbonyl (C=O) groups excluding carboxylic acids is 2. The lowest BCUT2D eigenvalue weighted by molar-refractivity contribution is -0.179. The van der Waals surface area contributed by atoms with Gasteiger partial charge >= 0.3 is 0 Å². The Morgan fingerprint density at radius 1 is 1.53 bits per heavy atom. The van der Waals surface area contributed by atoms with E-state index in [0.717, 1.165) is 0 Å². The van der Waals surface area contributed by atoms with Gasteiger partial charge < -0.3 is 15.3 Å². The minimum Gasteiger partial charge on any atom is -0.363 e. The maximum absolute atomic E-state index is 12.0. The van der Waals surface area contributed by atoms with Crippen molar-refractivity contribution in [3.63, 3.8) is 0 Å². The van der Waals surface area contributed by atoms with Crippen molar-refractivity contribution in [3.8, 4) is 0 Å². The summed E-state index contributed by atoms with van der Waals surface area (Å²) in [5, 5.41) is 12.6. The summed E-state index contributed by atoms with van der Waals surface area (Å²) >= 11 is 0. The first-order chi connectivity index (χ1) is 6.97. The molecule has 0 aromatic heterocycles. The summed E-state index contributed by atoms with van der Waals surface area (Å²) in [6.45, 7) is 4.23. The molecule has 2 aliphatic heterocycles. The summed E-state index contributed by atoms with van der Waals surface area (Å²) in [5.74, 6) is -0.547. The number of fused-ring (bicyclic) bond motifs is 1. The van der Waals surface area contributed by atoms with Crippen LogP contribution in [0, 0.1) is 5.92 Å². The molecule has 5 nitrogen and oxygen atoms in total. The van der Waals surface area contributed by atoms with Crippen molar-refractivity contribution >= 4 is 11.8 Å². The van der Waals surface area contributed by atoms with E-state index in [-0.39, 0.29) is 11.8 Å². The Morgan fingerprint density at radius 3 is 2.80 bits per heavy atom. The van der Waals surface area contributed by atoms with Crippen LogP contribution < -0.4 is 5.32 Å². The molecule has 0 aromatic carbocycles. The van der Waals surface area contributed by atoms with Gasteiger partial charge in [-0.05, 0) is 12.3 Å². The first kappa shape index (κ1) is 10.4. The molecule has 2 saturated heterocycles. The molecular formula is C10H16N2O3. The molecule has 2 fully saturated rings. The van der Waals surface area contributed by atoms with Crippen LogP contribution in [-0.2, 0) is 9.59 Å². The zero-order valence-electron chi connectivity index (χ0n) is 8.99. The molecule has 0 bridgehead atoms. The van der Waals surface area contributed by atoms with Crippen LogP contribution in [0.4, 0.5) is 0 Å². The van der Waals surface area contributed by atoms with Gasteiger partial charge in [0.25, 0.3) is 5.91 Å². The largest absolute Gasteiger partial charge is 0.363 e. The molecule has 5 heteroatoms. The molecule has 2 amide bonds. The van der Waals surface area contributed by atoms with Gasteiger partial charge in [0, 0.05) is 13.0 Å². The van der Waals surface area contributed by atoms with E-state index in [4.69, 9.17) is 0 Å². The number of nitrogens with zero attached hydrogens (tertiary/aromatic N) is 1. The van der Waals surface area contributed by atoms with Gasteiger partial charge in [0.15, 0.2) is 0 Å². The van der Waals surface area contributed by atoms with Crippen LogP contribution in [0.3, 0.4) is 0 Å². The number of nitrogens with one attached hydrogen (secondary N) is 1. The molecule has 2 rings (SSSR count). The van der Waals surface area contributed by atoms with E-state index in [1.54, 1.807) is 0 Å². The fraction of sp³-hybridized carbons (Fsp3) is 0.800. The van der Waals surface area contributed by atoms with Gasteiger partial charge in [0.1, 0.15) is 6.04 Å². The van der Waals surface area contributed by atoms with E-state index in [2.05, 4.69) is 5.32 Å². The number of carbonyl (C=O) groups is 2. The Balaban J connectivity index is 2.30. The highest BCUT2D eigenvalue weighted by Gasteiger charge is 2.54. The second-order valence-corrected chi connectivity index (χ2v) is 4.61. The highest BCUT2D eigenvalue weighted by atomic mass is 16.3. The van der Waals surface area contributed by atoms with E-state index >= 15 is 0 Å². The third kappa shape index (κ3) is 1.33. The van der Waals surface area contributed by atoms with Gasteiger partial charge in [-0.25, -0.2) is 0 Å². The number of aliphatic hydroxyl groups is 1. The van der Waals surface area contributed by atoms with E-state index in [0.29, 0.717) is 19.4 Å². The van der Waals surface area contributed by atoms with Crippen molar-refractivity contribution in [3.05, 3.63) is 0 Å². The molecule has 0 saturated carbocycles. The zero-order valence-corrected chi connectivity index (χ0v) is 8.99. The zero-order chi connectivity index (χ0) is 11.2. The Kier molecular flexibility index (Phi) is 2.22. The quantitative estimate of drug-likeness (QED) is 0.613. The highest BCUT2D eigenvalue weighted by molar-refractivity contribution is 5.99. The fourth-order valence-corrected chi connectivity index (χ4v) is 2.27. The second kappa shape index (κ2) is 3.20. The molecule has 0 aromatic rings. The molecule has 2 aliphatic rings. The van der Waals surface area contributed by atoms with Crippen LogP contribution in [0.15, 0.2) is 0 Å². The summed E-state index contributed by atoms with van der Waals surface area (Å²) in [7, 11) is 0. The minimum atomic E-state index is -1.58. The number of rotatable bonds is 1. The van der Waals surface area contributed by atoms with Crippen molar-refractivity contribution in [2.24, 2.45) is 5.92 Å². The van der Waals surface area contributed by atoms with Crippen LogP contribution in [0.5, 0.6) is 0 Å². The van der Waals surface area contributed by atoms with Gasteiger partial charge in [-0.15, -0.1) is 0 Å². The van der Waals surface area contributed by atoms with Gasteiger partial charge in [0.2, 0.25) is 11.6 Å². The average molecular weight is 212 g/mol. The molecule has 84 valence electrons. The third-order valence-electron chi connectivity index (χ3n) is 3.20. The van der Waals surface area contributed by atoms with E-state index < -0.39 is 17.7 Å². The van der Waals surface area contributed by atoms with Crippen LogP contribution in [0.25, 0.3) is 0 Å². The molecule has 2 N–H and O–H groups in total. The van der Waals surface area contributed by atoms with Gasteiger partial charge in [-0.3, -0.25) is 9.59 Å². The monoisotopic (exact) mass is 212 g/mol. The Hall–Kier alpha value is -1.10. The smallest absolute Gasteiger partial charge is 0.274 e. The molecule has 0 aliphatic carbocycles. The normalized spacial score (nSPS) is 35.7. The maximum Gasteiger partial charge on any atom is 0.274 e. The molecular weight excluding hydrogens is 196 g/mol. The lowest BCUT2D eigenvalue weighted by atomic mass is 9.97. The predicted molar refractivity (Wildman–Crippen MR) is 52.7 cm³/mol. The van der Waals surface area contributed by atoms with Crippen LogP contribution in [0.1, 0.15) is 26.7 Å². The van der Waals surface area contributed by atoms with E-state index in [9.17, 15) is 14.7 Å². The summed E-state index contributed by atoms with van der Waals surface area (Å²) in [5.41, 5.74) is -1.58. The predicted octanol–water partition coefficient (Wildman–Crippen LogP) is -0.548. The topological polar surface area (TPSA) is 69.6 Å². The third-order valence-corrected chi connectivity index (χ3v) is 3.20. The molecule has 2 atom stereocenters. The maximum atomic E-state index is 12.0. The van der Waals surface area contributed by atoms with Crippen LogP contribution in [0.2, 0.25) is 0 Å². The molecule has 2 heterocycles. The fourth-order valence-electron chi connectivity index (χ4n) is 2.27. The van der Waals surface area contributed by atoms with Crippen molar-refractivity contribution in [1.82, 2.24) is 10.2 Å². The van der Waals surface area contributed by atoms with Crippen molar-refractivity contribution in [2.75, 3.05) is 6.54 Å². The first-order valence-electron chi connectivity index (χ1n) is 5.31. The Labute approximate surface area is 88.4 Å². The number of hydrogen-bond donors (Lipinski definition) is 2. The second-order valence-electron chi connectivity index (χ2n) is 4.61. The minimum absolute atomic E-state index is 0.0478. The highest BCUT2D eigenvalue weighted by Crippen LogP contribution is 2.31. The summed E-state index contributed by atoms with van der Waals surface area (Å²) in [6.07, 6.45) is 1.02. The van der Waals surface area contributed by atoms with Gasteiger partial charge in [0.05, 0.1) is 0 Å².